The van der Waals surface area contributed by atoms with E-state index in [1.54, 1.807) is 0 Å². The highest BCUT2D eigenvalue weighted by Crippen LogP contribution is 2.28. The van der Waals surface area contributed by atoms with Gasteiger partial charge in [0.2, 0.25) is 5.97 Å². The van der Waals surface area contributed by atoms with Crippen LogP contribution in [0.15, 0.2) is 70.5 Å². The highest BCUT2D eigenvalue weighted by molar-refractivity contribution is 6.30. The van der Waals surface area contributed by atoms with E-state index in [0.717, 1.165) is 18.4 Å². The molecule has 0 aromatic rings. The zero-order valence-corrected chi connectivity index (χ0v) is 11.7. The number of hydrogen-bond donors (Lipinski definition) is 4. The van der Waals surface area contributed by atoms with Gasteiger partial charge >= 0.3 is 0 Å². The Kier molecular flexibility index (Phi) is 5.92. The van der Waals surface area contributed by atoms with Crippen molar-refractivity contribution in [3.8, 4) is 0 Å². The van der Waals surface area contributed by atoms with Crippen LogP contribution in [0.4, 0.5) is 8.78 Å². The van der Waals surface area contributed by atoms with E-state index in [1.807, 2.05) is 0 Å². The lowest BCUT2D eigenvalue weighted by molar-refractivity contribution is 0.417. The van der Waals surface area contributed by atoms with Crippen LogP contribution in [-0.4, -0.2) is 17.6 Å². The van der Waals surface area contributed by atoms with Gasteiger partial charge in [0.05, 0.1) is 6.54 Å². The molecule has 1 heterocycles. The maximum atomic E-state index is 13.8. The first-order chi connectivity index (χ1) is 9.92. The van der Waals surface area contributed by atoms with Crippen LogP contribution in [0.2, 0.25) is 0 Å². The summed E-state index contributed by atoms with van der Waals surface area (Å²) in [5.74, 6) is -3.59. The summed E-state index contributed by atoms with van der Waals surface area (Å²) in [6, 6.07) is 0. The number of nitrogens with two attached hydrogens (primary N) is 1. The molecule has 0 saturated carbocycles. The van der Waals surface area contributed by atoms with Crippen LogP contribution < -0.4 is 11.1 Å². The summed E-state index contributed by atoms with van der Waals surface area (Å²) in [5, 5.41) is 20.3. The molecule has 7 heteroatoms. The van der Waals surface area contributed by atoms with E-state index in [-0.39, 0.29) is 5.57 Å². The number of hydrogen-bond acceptors (Lipinski definition) is 4. The molecule has 0 fully saturated rings. The van der Waals surface area contributed by atoms with Crippen molar-refractivity contribution in [3.63, 3.8) is 0 Å². The number of halogens is 3. The van der Waals surface area contributed by atoms with Gasteiger partial charge in [-0.2, -0.15) is 4.39 Å². The van der Waals surface area contributed by atoms with Crippen molar-refractivity contribution in [2.75, 3.05) is 6.54 Å². The Labute approximate surface area is 125 Å². The van der Waals surface area contributed by atoms with Gasteiger partial charge in [-0.25, -0.2) is 4.39 Å². The molecule has 4 nitrogen and oxygen atoms in total. The molecule has 0 atom stereocenters. The summed E-state index contributed by atoms with van der Waals surface area (Å²) < 4.78 is 27.0. The molecule has 0 spiro atoms. The third-order valence-electron chi connectivity index (χ3n) is 2.53. The molecule has 0 saturated heterocycles. The number of rotatable bonds is 5. The van der Waals surface area contributed by atoms with Gasteiger partial charge in [0.25, 0.3) is 0 Å². The number of aliphatic hydroxyl groups excluding tert-OH is 1. The first-order valence-corrected chi connectivity index (χ1v) is 6.18. The van der Waals surface area contributed by atoms with Gasteiger partial charge < -0.3 is 16.2 Å². The summed E-state index contributed by atoms with van der Waals surface area (Å²) in [7, 11) is 0. The Morgan fingerprint density at radius 1 is 1.52 bits per heavy atom. The largest absolute Gasteiger partial charge is 0.506 e. The summed E-state index contributed by atoms with van der Waals surface area (Å²) in [5.41, 5.74) is 4.76. The minimum Gasteiger partial charge on any atom is -0.506 e. The third kappa shape index (κ3) is 4.06. The lowest BCUT2D eigenvalue weighted by Gasteiger charge is -2.15. The predicted octanol–water partition coefficient (Wildman–Crippen LogP) is 3.24. The maximum absolute atomic E-state index is 13.8. The molecule has 0 unspecified atom stereocenters. The van der Waals surface area contributed by atoms with Crippen LogP contribution in [0.5, 0.6) is 0 Å². The van der Waals surface area contributed by atoms with E-state index in [1.165, 1.54) is 12.3 Å². The van der Waals surface area contributed by atoms with Crippen molar-refractivity contribution in [2.45, 2.75) is 0 Å². The Bertz CT molecular complexity index is 616. The van der Waals surface area contributed by atoms with Gasteiger partial charge in [0.1, 0.15) is 17.2 Å². The van der Waals surface area contributed by atoms with Crippen molar-refractivity contribution in [1.82, 2.24) is 5.32 Å². The van der Waals surface area contributed by atoms with E-state index < -0.39 is 23.1 Å². The number of dihydropyridines is 1. The van der Waals surface area contributed by atoms with E-state index in [4.69, 9.17) is 22.7 Å². The molecule has 1 rings (SSSR count). The summed E-state index contributed by atoms with van der Waals surface area (Å²) in [4.78, 5) is 0. The molecule has 5 N–H and O–H groups in total. The van der Waals surface area contributed by atoms with Gasteiger partial charge in [0, 0.05) is 28.6 Å². The number of allylic oxidation sites excluding steroid dienone is 6. The number of nitrogens with one attached hydrogen (secondary N) is 2. The van der Waals surface area contributed by atoms with Gasteiger partial charge in [0.15, 0.2) is 0 Å². The highest BCUT2D eigenvalue weighted by atomic mass is 35.5. The van der Waals surface area contributed by atoms with E-state index in [2.05, 4.69) is 11.9 Å². The van der Waals surface area contributed by atoms with Crippen molar-refractivity contribution < 1.29 is 13.9 Å². The second kappa shape index (κ2) is 7.44. The fraction of sp³-hybridized carbons (Fsp3) is 0.0714. The minimum atomic E-state index is -1.64. The molecule has 0 radical (unpaired) electrons. The summed E-state index contributed by atoms with van der Waals surface area (Å²) >= 11 is 5.85. The molecular weight excluding hydrogens is 300 g/mol. The molecule has 0 aromatic carbocycles. The van der Waals surface area contributed by atoms with Crippen LogP contribution >= 0.6 is 11.6 Å². The SMILES string of the molecule is C=C\C=C(F)/C(C(=N)F)=C(O)\C(=C\N)C1=CNCC(Cl)=C1. The Morgan fingerprint density at radius 3 is 2.67 bits per heavy atom. The van der Waals surface area contributed by atoms with Crippen molar-refractivity contribution in [3.05, 3.63) is 70.5 Å². The average Bonchev–Trinajstić information content (AvgIpc) is 2.39. The molecule has 1 aliphatic heterocycles. The van der Waals surface area contributed by atoms with Gasteiger partial charge in [-0.3, -0.25) is 5.41 Å². The quantitative estimate of drug-likeness (QED) is 0.357. The molecule has 112 valence electrons. The summed E-state index contributed by atoms with van der Waals surface area (Å²) in [6.07, 6.45) is 5.83. The molecular formula is C14H14ClF2N3O. The van der Waals surface area contributed by atoms with Gasteiger partial charge in [-0.05, 0) is 12.2 Å². The molecule has 1 aliphatic rings. The van der Waals surface area contributed by atoms with Crippen molar-refractivity contribution in [2.24, 2.45) is 5.73 Å². The smallest absolute Gasteiger partial charge is 0.219 e. The van der Waals surface area contributed by atoms with Crippen molar-refractivity contribution >= 4 is 17.6 Å². The maximum Gasteiger partial charge on any atom is 0.219 e. The topological polar surface area (TPSA) is 82.1 Å². The Morgan fingerprint density at radius 2 is 2.19 bits per heavy atom. The third-order valence-corrected chi connectivity index (χ3v) is 2.78. The fourth-order valence-electron chi connectivity index (χ4n) is 1.63. The molecule has 0 aromatic heterocycles. The first-order valence-electron chi connectivity index (χ1n) is 5.80. The lowest BCUT2D eigenvalue weighted by atomic mass is 10.00. The second-order valence-electron chi connectivity index (χ2n) is 3.94. The highest BCUT2D eigenvalue weighted by Gasteiger charge is 2.21. The van der Waals surface area contributed by atoms with Crippen molar-refractivity contribution in [1.29, 1.82) is 5.41 Å². The van der Waals surface area contributed by atoms with Crippen LogP contribution in [0.25, 0.3) is 0 Å². The Hall–Kier alpha value is -2.34. The van der Waals surface area contributed by atoms with E-state index in [9.17, 15) is 13.9 Å². The average molecular weight is 314 g/mol. The van der Waals surface area contributed by atoms with Gasteiger partial charge in [-0.15, -0.1) is 0 Å². The van der Waals surface area contributed by atoms with Crippen LogP contribution in [0, 0.1) is 5.41 Å². The zero-order valence-electron chi connectivity index (χ0n) is 11.0. The predicted molar refractivity (Wildman–Crippen MR) is 80.2 cm³/mol. The lowest BCUT2D eigenvalue weighted by Crippen LogP contribution is -2.15. The number of aliphatic hydroxyl groups is 1. The second-order valence-corrected chi connectivity index (χ2v) is 4.43. The van der Waals surface area contributed by atoms with Crippen LogP contribution in [-0.2, 0) is 0 Å². The van der Waals surface area contributed by atoms with E-state index in [0.29, 0.717) is 17.2 Å². The molecule has 0 amide bonds. The summed E-state index contributed by atoms with van der Waals surface area (Å²) in [6.45, 7) is 3.66. The van der Waals surface area contributed by atoms with Gasteiger partial charge in [-0.1, -0.05) is 24.3 Å². The molecule has 0 aliphatic carbocycles. The first kappa shape index (κ1) is 16.7. The normalized spacial score (nSPS) is 17.3. The zero-order chi connectivity index (χ0) is 16.0. The fourth-order valence-corrected chi connectivity index (χ4v) is 1.83. The van der Waals surface area contributed by atoms with Crippen LogP contribution in [0.3, 0.4) is 0 Å². The molecule has 21 heavy (non-hydrogen) atoms. The van der Waals surface area contributed by atoms with E-state index >= 15 is 0 Å². The Balaban J connectivity index is 3.40. The van der Waals surface area contributed by atoms with Crippen LogP contribution in [0.1, 0.15) is 0 Å². The standard InChI is InChI=1S/C14H14ClF2N3O/c1-2-3-11(16)12(14(17)19)13(21)10(5-18)8-4-9(15)7-20-6-8/h2-6,19-21H,1,7,18H2/b10-5+,11-3+,13-12-,19-14?. The monoisotopic (exact) mass is 313 g/mol. The minimum absolute atomic E-state index is 0.0645. The molecule has 0 bridgehead atoms.